The van der Waals surface area contributed by atoms with Gasteiger partial charge in [0.05, 0.1) is 12.2 Å². The lowest BCUT2D eigenvalue weighted by Crippen LogP contribution is -2.14. The summed E-state index contributed by atoms with van der Waals surface area (Å²) < 4.78 is 11.9. The van der Waals surface area contributed by atoms with Gasteiger partial charge in [-0.1, -0.05) is 19.9 Å². The van der Waals surface area contributed by atoms with Crippen LogP contribution < -0.4 is 9.47 Å². The van der Waals surface area contributed by atoms with Crippen LogP contribution in [-0.2, 0) is 9.59 Å². The third-order valence-electron chi connectivity index (χ3n) is 4.48. The fourth-order valence-electron chi connectivity index (χ4n) is 2.79. The van der Waals surface area contributed by atoms with Crippen LogP contribution in [0.3, 0.4) is 0 Å². The van der Waals surface area contributed by atoms with E-state index in [0.29, 0.717) is 0 Å². The molecule has 0 N–H and O–H groups in total. The van der Waals surface area contributed by atoms with Crippen molar-refractivity contribution in [3.63, 3.8) is 0 Å². The van der Waals surface area contributed by atoms with Gasteiger partial charge in [-0.05, 0) is 64.5 Å². The van der Waals surface area contributed by atoms with Crippen molar-refractivity contribution in [1.29, 1.82) is 0 Å². The maximum atomic E-state index is 10.7. The lowest BCUT2D eigenvalue weighted by molar-refractivity contribution is -0.111. The first kappa shape index (κ1) is 22.2. The highest BCUT2D eigenvalue weighted by atomic mass is 16.5. The van der Waals surface area contributed by atoms with E-state index in [4.69, 9.17) is 9.47 Å². The van der Waals surface area contributed by atoms with Crippen molar-refractivity contribution in [2.24, 2.45) is 11.8 Å². The van der Waals surface area contributed by atoms with Gasteiger partial charge < -0.3 is 19.1 Å². The average Bonchev–Trinajstić information content (AvgIpc) is 2.61. The Bertz CT molecular complexity index is 485. The van der Waals surface area contributed by atoms with E-state index in [9.17, 15) is 9.59 Å². The minimum atomic E-state index is 0.103. The number of carbonyl (C=O) groups excluding carboxylic acids is 2. The molecule has 1 aromatic rings. The minimum absolute atomic E-state index is 0.103. The zero-order chi connectivity index (χ0) is 19.4. The molecule has 0 spiro atoms. The van der Waals surface area contributed by atoms with Gasteiger partial charge in [0.25, 0.3) is 0 Å². The van der Waals surface area contributed by atoms with Gasteiger partial charge in [0.2, 0.25) is 0 Å². The Morgan fingerprint density at radius 2 is 1.19 bits per heavy atom. The van der Waals surface area contributed by atoms with Crippen LogP contribution in [0.1, 0.15) is 66.2 Å². The maximum Gasteiger partial charge on any atom is 0.123 e. The number of carbonyl (C=O) groups is 2. The van der Waals surface area contributed by atoms with Gasteiger partial charge in [-0.25, -0.2) is 0 Å². The number of rotatable bonds is 14. The van der Waals surface area contributed by atoms with Crippen LogP contribution in [0, 0.1) is 11.8 Å². The molecule has 4 heteroatoms. The van der Waals surface area contributed by atoms with Crippen molar-refractivity contribution in [3.8, 4) is 11.5 Å². The molecular weight excluding hydrogens is 328 g/mol. The Balaban J connectivity index is 2.39. The SMILES string of the molecule is CC(C=O)CCCC(C)Oc1cccc(OC(C)CCCC(C)C=O)c1. The smallest absolute Gasteiger partial charge is 0.123 e. The standard InChI is InChI=1S/C22H34O4/c1-17(15-23)8-5-10-19(3)25-21-12-7-13-22(14-21)26-20(4)11-6-9-18(2)16-24/h7,12-20H,5-6,8-11H2,1-4H3. The quantitative estimate of drug-likeness (QED) is 0.425. The second-order valence-corrected chi connectivity index (χ2v) is 7.42. The van der Waals surface area contributed by atoms with Crippen LogP contribution in [0.2, 0.25) is 0 Å². The van der Waals surface area contributed by atoms with Crippen molar-refractivity contribution in [2.45, 2.75) is 78.4 Å². The van der Waals surface area contributed by atoms with Crippen molar-refractivity contribution in [2.75, 3.05) is 0 Å². The predicted octanol–water partition coefficient (Wildman–Crippen LogP) is 5.23. The van der Waals surface area contributed by atoms with E-state index in [1.165, 1.54) is 0 Å². The Morgan fingerprint density at radius 1 is 0.769 bits per heavy atom. The summed E-state index contributed by atoms with van der Waals surface area (Å²) in [4.78, 5) is 21.3. The first-order chi connectivity index (χ1) is 12.4. The van der Waals surface area contributed by atoms with Gasteiger partial charge in [0, 0.05) is 17.9 Å². The molecule has 146 valence electrons. The first-order valence-electron chi connectivity index (χ1n) is 9.78. The average molecular weight is 363 g/mol. The molecule has 26 heavy (non-hydrogen) atoms. The summed E-state index contributed by atoms with van der Waals surface area (Å²) in [7, 11) is 0. The maximum absolute atomic E-state index is 10.7. The lowest BCUT2D eigenvalue weighted by Gasteiger charge is -2.18. The molecule has 0 bridgehead atoms. The second kappa shape index (κ2) is 12.5. The number of hydrogen-bond donors (Lipinski definition) is 0. The largest absolute Gasteiger partial charge is 0.491 e. The topological polar surface area (TPSA) is 52.6 Å². The zero-order valence-corrected chi connectivity index (χ0v) is 16.6. The van der Waals surface area contributed by atoms with Crippen LogP contribution in [0.5, 0.6) is 11.5 Å². The second-order valence-electron chi connectivity index (χ2n) is 7.42. The summed E-state index contributed by atoms with van der Waals surface area (Å²) in [5.74, 6) is 1.85. The van der Waals surface area contributed by atoms with E-state index in [1.807, 2.05) is 38.1 Å². The van der Waals surface area contributed by atoms with E-state index in [2.05, 4.69) is 13.8 Å². The van der Waals surface area contributed by atoms with Gasteiger partial charge in [0.15, 0.2) is 0 Å². The van der Waals surface area contributed by atoms with E-state index in [-0.39, 0.29) is 24.0 Å². The van der Waals surface area contributed by atoms with Crippen LogP contribution in [0.25, 0.3) is 0 Å². The summed E-state index contributed by atoms with van der Waals surface area (Å²) in [6, 6.07) is 7.74. The Hall–Kier alpha value is -1.84. The molecule has 4 unspecified atom stereocenters. The highest BCUT2D eigenvalue weighted by Crippen LogP contribution is 2.23. The van der Waals surface area contributed by atoms with Crippen molar-refractivity contribution in [1.82, 2.24) is 0 Å². The van der Waals surface area contributed by atoms with Crippen molar-refractivity contribution in [3.05, 3.63) is 24.3 Å². The molecule has 0 aromatic heterocycles. The number of benzene rings is 1. The van der Waals surface area contributed by atoms with E-state index in [1.54, 1.807) is 0 Å². The third kappa shape index (κ3) is 9.59. The number of ether oxygens (including phenoxy) is 2. The van der Waals surface area contributed by atoms with Crippen LogP contribution in [0.4, 0.5) is 0 Å². The van der Waals surface area contributed by atoms with Gasteiger partial charge in [-0.2, -0.15) is 0 Å². The summed E-state index contributed by atoms with van der Waals surface area (Å²) in [6.45, 7) is 7.99. The Kier molecular flexibility index (Phi) is 10.7. The molecular formula is C22H34O4. The predicted molar refractivity (Wildman–Crippen MR) is 105 cm³/mol. The van der Waals surface area contributed by atoms with Crippen LogP contribution >= 0.6 is 0 Å². The highest BCUT2D eigenvalue weighted by molar-refractivity contribution is 5.52. The van der Waals surface area contributed by atoms with Gasteiger partial charge in [-0.15, -0.1) is 0 Å². The Labute approximate surface area is 158 Å². The molecule has 0 radical (unpaired) electrons. The molecule has 0 aliphatic heterocycles. The van der Waals surface area contributed by atoms with Crippen molar-refractivity contribution < 1.29 is 19.1 Å². The molecule has 0 fully saturated rings. The minimum Gasteiger partial charge on any atom is -0.491 e. The summed E-state index contributed by atoms with van der Waals surface area (Å²) >= 11 is 0. The Morgan fingerprint density at radius 3 is 1.58 bits per heavy atom. The molecule has 0 amide bonds. The normalized spacial score (nSPS) is 15.5. The van der Waals surface area contributed by atoms with E-state index < -0.39 is 0 Å². The molecule has 0 heterocycles. The zero-order valence-electron chi connectivity index (χ0n) is 16.6. The van der Waals surface area contributed by atoms with E-state index >= 15 is 0 Å². The molecule has 0 saturated carbocycles. The molecule has 1 rings (SSSR count). The fourth-order valence-corrected chi connectivity index (χ4v) is 2.79. The summed E-state index contributed by atoms with van der Waals surface area (Å²) in [5.41, 5.74) is 0. The van der Waals surface area contributed by atoms with Gasteiger partial charge >= 0.3 is 0 Å². The number of aldehydes is 2. The van der Waals surface area contributed by atoms with Crippen LogP contribution in [0.15, 0.2) is 24.3 Å². The van der Waals surface area contributed by atoms with Crippen LogP contribution in [-0.4, -0.2) is 24.8 Å². The van der Waals surface area contributed by atoms with Gasteiger partial charge in [0.1, 0.15) is 24.1 Å². The summed E-state index contributed by atoms with van der Waals surface area (Å²) in [5, 5.41) is 0. The third-order valence-corrected chi connectivity index (χ3v) is 4.48. The monoisotopic (exact) mass is 362 g/mol. The molecule has 0 aliphatic rings. The molecule has 4 nitrogen and oxygen atoms in total. The molecule has 1 aromatic carbocycles. The van der Waals surface area contributed by atoms with E-state index in [0.717, 1.165) is 62.6 Å². The van der Waals surface area contributed by atoms with Crippen molar-refractivity contribution >= 4 is 12.6 Å². The summed E-state index contributed by atoms with van der Waals surface area (Å²) in [6.07, 6.45) is 7.84. The molecule has 0 saturated heterocycles. The number of hydrogen-bond acceptors (Lipinski definition) is 4. The highest BCUT2D eigenvalue weighted by Gasteiger charge is 2.09. The first-order valence-corrected chi connectivity index (χ1v) is 9.78. The molecule has 0 aliphatic carbocycles. The fraction of sp³-hybridized carbons (Fsp3) is 0.636. The molecule has 4 atom stereocenters. The lowest BCUT2D eigenvalue weighted by atomic mass is 10.0. The van der Waals surface area contributed by atoms with Gasteiger partial charge in [-0.3, -0.25) is 0 Å².